The Hall–Kier alpha value is -2.74. The van der Waals surface area contributed by atoms with Crippen molar-refractivity contribution in [3.05, 3.63) is 84.7 Å². The standard InChI is InChI=1S/C22H20O2/c1-22(2)18(20-15-16-9-6-7-13-19(16)24-20)12-8-14-21(22)23-17-10-4-3-5-11-17/h3-15,21H,1-2H3. The van der Waals surface area contributed by atoms with Crippen LogP contribution in [0.5, 0.6) is 5.75 Å². The maximum atomic E-state index is 6.23. The zero-order valence-corrected chi connectivity index (χ0v) is 13.9. The van der Waals surface area contributed by atoms with E-state index in [0.29, 0.717) is 0 Å². The second-order valence-electron chi connectivity index (χ2n) is 6.69. The molecule has 0 saturated heterocycles. The Morgan fingerprint density at radius 2 is 1.71 bits per heavy atom. The molecule has 0 N–H and O–H groups in total. The summed E-state index contributed by atoms with van der Waals surface area (Å²) in [5.74, 6) is 1.79. The molecule has 1 heterocycles. The zero-order chi connectivity index (χ0) is 16.6. The highest BCUT2D eigenvalue weighted by Crippen LogP contribution is 2.43. The van der Waals surface area contributed by atoms with Gasteiger partial charge in [0.25, 0.3) is 0 Å². The predicted molar refractivity (Wildman–Crippen MR) is 98.0 cm³/mol. The average Bonchev–Trinajstić information content (AvgIpc) is 3.01. The predicted octanol–water partition coefficient (Wildman–Crippen LogP) is 5.86. The molecule has 0 amide bonds. The van der Waals surface area contributed by atoms with Crippen LogP contribution in [0.2, 0.25) is 0 Å². The Morgan fingerprint density at radius 1 is 0.958 bits per heavy atom. The summed E-state index contributed by atoms with van der Waals surface area (Å²) in [7, 11) is 0. The number of para-hydroxylation sites is 2. The summed E-state index contributed by atoms with van der Waals surface area (Å²) < 4.78 is 12.3. The molecular formula is C22H20O2. The van der Waals surface area contributed by atoms with Gasteiger partial charge in [0.15, 0.2) is 0 Å². The molecule has 2 nitrogen and oxygen atoms in total. The van der Waals surface area contributed by atoms with E-state index in [1.54, 1.807) is 0 Å². The number of fused-ring (bicyclic) bond motifs is 1. The van der Waals surface area contributed by atoms with Gasteiger partial charge < -0.3 is 9.15 Å². The average molecular weight is 316 g/mol. The lowest BCUT2D eigenvalue weighted by atomic mass is 9.75. The van der Waals surface area contributed by atoms with Gasteiger partial charge in [0.05, 0.1) is 0 Å². The van der Waals surface area contributed by atoms with Crippen LogP contribution < -0.4 is 4.74 Å². The van der Waals surface area contributed by atoms with Crippen molar-refractivity contribution >= 4 is 16.5 Å². The number of furan rings is 1. The van der Waals surface area contributed by atoms with Gasteiger partial charge in [0.1, 0.15) is 23.2 Å². The normalized spacial score (nSPS) is 19.2. The summed E-state index contributed by atoms with van der Waals surface area (Å²) in [6.45, 7) is 4.40. The Morgan fingerprint density at radius 3 is 2.50 bits per heavy atom. The van der Waals surface area contributed by atoms with Crippen LogP contribution in [0.3, 0.4) is 0 Å². The topological polar surface area (TPSA) is 22.4 Å². The Bertz CT molecular complexity index is 880. The minimum atomic E-state index is -0.196. The molecule has 1 aliphatic carbocycles. The lowest BCUT2D eigenvalue weighted by molar-refractivity contribution is 0.154. The van der Waals surface area contributed by atoms with Crippen LogP contribution in [0.15, 0.2) is 83.3 Å². The van der Waals surface area contributed by atoms with Gasteiger partial charge in [-0.15, -0.1) is 0 Å². The van der Waals surface area contributed by atoms with Crippen molar-refractivity contribution in [1.29, 1.82) is 0 Å². The minimum Gasteiger partial charge on any atom is -0.485 e. The zero-order valence-electron chi connectivity index (χ0n) is 13.9. The summed E-state index contributed by atoms with van der Waals surface area (Å²) in [6, 6.07) is 20.2. The third-order valence-electron chi connectivity index (χ3n) is 4.65. The van der Waals surface area contributed by atoms with E-state index in [4.69, 9.17) is 9.15 Å². The Balaban J connectivity index is 1.68. The fourth-order valence-corrected chi connectivity index (χ4v) is 3.21. The second-order valence-corrected chi connectivity index (χ2v) is 6.69. The molecule has 0 saturated carbocycles. The smallest absolute Gasteiger partial charge is 0.134 e. The maximum absolute atomic E-state index is 6.23. The number of rotatable bonds is 3. The number of ether oxygens (including phenoxy) is 1. The fourth-order valence-electron chi connectivity index (χ4n) is 3.21. The Labute approximate surface area is 142 Å². The van der Waals surface area contributed by atoms with E-state index in [1.807, 2.05) is 48.5 Å². The highest BCUT2D eigenvalue weighted by atomic mass is 16.5. The number of allylic oxidation sites excluding steroid dienone is 2. The molecule has 1 aliphatic rings. The Kier molecular flexibility index (Phi) is 3.53. The molecule has 3 aromatic rings. The van der Waals surface area contributed by atoms with Crippen LogP contribution in [0.4, 0.5) is 0 Å². The van der Waals surface area contributed by atoms with Crippen molar-refractivity contribution in [2.24, 2.45) is 5.41 Å². The van der Waals surface area contributed by atoms with Gasteiger partial charge in [-0.25, -0.2) is 0 Å². The quantitative estimate of drug-likeness (QED) is 0.604. The lowest BCUT2D eigenvalue weighted by Crippen LogP contribution is -2.35. The van der Waals surface area contributed by atoms with Crippen molar-refractivity contribution in [2.45, 2.75) is 20.0 Å². The molecule has 120 valence electrons. The fraction of sp³-hybridized carbons (Fsp3) is 0.182. The van der Waals surface area contributed by atoms with Crippen molar-refractivity contribution in [3.8, 4) is 5.75 Å². The van der Waals surface area contributed by atoms with Crippen molar-refractivity contribution < 1.29 is 9.15 Å². The maximum Gasteiger partial charge on any atom is 0.134 e. The number of benzene rings is 2. The molecule has 0 bridgehead atoms. The van der Waals surface area contributed by atoms with Gasteiger partial charge in [-0.3, -0.25) is 0 Å². The van der Waals surface area contributed by atoms with Crippen LogP contribution in [0.1, 0.15) is 19.6 Å². The molecule has 1 unspecified atom stereocenters. The summed E-state index contributed by atoms with van der Waals surface area (Å²) in [5, 5.41) is 1.12. The van der Waals surface area contributed by atoms with Crippen molar-refractivity contribution in [1.82, 2.24) is 0 Å². The third-order valence-corrected chi connectivity index (χ3v) is 4.65. The molecular weight excluding hydrogens is 296 g/mol. The molecule has 1 atom stereocenters. The van der Waals surface area contributed by atoms with Gasteiger partial charge in [-0.1, -0.05) is 62.4 Å². The molecule has 4 rings (SSSR count). The van der Waals surface area contributed by atoms with E-state index in [-0.39, 0.29) is 11.5 Å². The molecule has 0 radical (unpaired) electrons. The summed E-state index contributed by atoms with van der Waals surface area (Å²) in [4.78, 5) is 0. The molecule has 2 heteroatoms. The molecule has 1 aromatic heterocycles. The highest BCUT2D eigenvalue weighted by molar-refractivity contribution is 5.83. The first-order chi connectivity index (χ1) is 11.6. The van der Waals surface area contributed by atoms with E-state index in [1.165, 1.54) is 0 Å². The SMILES string of the molecule is CC1(C)C(c2cc3ccccc3o2)=CC=CC1Oc1ccccc1. The third kappa shape index (κ3) is 2.54. The van der Waals surface area contributed by atoms with E-state index in [2.05, 4.69) is 44.2 Å². The van der Waals surface area contributed by atoms with Crippen LogP contribution in [0, 0.1) is 5.41 Å². The van der Waals surface area contributed by atoms with E-state index < -0.39 is 0 Å². The molecule has 24 heavy (non-hydrogen) atoms. The number of hydrogen-bond acceptors (Lipinski definition) is 2. The largest absolute Gasteiger partial charge is 0.485 e. The number of hydrogen-bond donors (Lipinski definition) is 0. The summed E-state index contributed by atoms with van der Waals surface area (Å²) in [6.07, 6.45) is 6.25. The second kappa shape index (κ2) is 5.72. The van der Waals surface area contributed by atoms with Crippen LogP contribution >= 0.6 is 0 Å². The van der Waals surface area contributed by atoms with E-state index in [0.717, 1.165) is 28.1 Å². The van der Waals surface area contributed by atoms with Gasteiger partial charge in [0.2, 0.25) is 0 Å². The first-order valence-corrected chi connectivity index (χ1v) is 8.24. The van der Waals surface area contributed by atoms with Crippen molar-refractivity contribution in [2.75, 3.05) is 0 Å². The van der Waals surface area contributed by atoms with E-state index in [9.17, 15) is 0 Å². The van der Waals surface area contributed by atoms with Gasteiger partial charge >= 0.3 is 0 Å². The summed E-state index contributed by atoms with van der Waals surface area (Å²) >= 11 is 0. The first kappa shape index (κ1) is 14.8. The van der Waals surface area contributed by atoms with E-state index >= 15 is 0 Å². The van der Waals surface area contributed by atoms with Crippen LogP contribution in [0.25, 0.3) is 16.5 Å². The van der Waals surface area contributed by atoms with Crippen LogP contribution in [-0.4, -0.2) is 6.10 Å². The van der Waals surface area contributed by atoms with Crippen molar-refractivity contribution in [3.63, 3.8) is 0 Å². The van der Waals surface area contributed by atoms with Gasteiger partial charge in [-0.2, -0.15) is 0 Å². The summed E-state index contributed by atoms with van der Waals surface area (Å²) in [5.41, 5.74) is 1.87. The lowest BCUT2D eigenvalue weighted by Gasteiger charge is -2.36. The highest BCUT2D eigenvalue weighted by Gasteiger charge is 2.37. The molecule has 0 aliphatic heterocycles. The van der Waals surface area contributed by atoms with Gasteiger partial charge in [-0.05, 0) is 30.3 Å². The molecule has 0 fully saturated rings. The van der Waals surface area contributed by atoms with Gasteiger partial charge in [0, 0.05) is 16.4 Å². The minimum absolute atomic E-state index is 0.0480. The monoisotopic (exact) mass is 316 g/mol. The molecule has 0 spiro atoms. The first-order valence-electron chi connectivity index (χ1n) is 8.24. The van der Waals surface area contributed by atoms with Crippen LogP contribution in [-0.2, 0) is 0 Å². The molecule has 2 aromatic carbocycles.